The number of hydrogen-bond donors (Lipinski definition) is 1. The van der Waals surface area contributed by atoms with Gasteiger partial charge in [0.1, 0.15) is 5.75 Å². The zero-order valence-electron chi connectivity index (χ0n) is 15.8. The lowest BCUT2D eigenvalue weighted by Crippen LogP contribution is -2.33. The molecule has 2 aromatic carbocycles. The van der Waals surface area contributed by atoms with Crippen LogP contribution in [0.2, 0.25) is 0 Å². The lowest BCUT2D eigenvalue weighted by atomic mass is 9.95. The molecule has 1 amide bonds. The van der Waals surface area contributed by atoms with Crippen molar-refractivity contribution in [3.05, 3.63) is 59.7 Å². The van der Waals surface area contributed by atoms with E-state index in [2.05, 4.69) is 23.1 Å². The van der Waals surface area contributed by atoms with Crippen molar-refractivity contribution in [1.82, 2.24) is 4.90 Å². The molecular weight excluding hydrogens is 338 g/mol. The van der Waals surface area contributed by atoms with Crippen LogP contribution in [0.4, 0.5) is 5.69 Å². The minimum Gasteiger partial charge on any atom is -0.497 e. The molecule has 2 atom stereocenters. The quantitative estimate of drug-likeness (QED) is 0.905. The number of rotatable bonds is 4. The van der Waals surface area contributed by atoms with E-state index in [-0.39, 0.29) is 17.9 Å². The average Bonchev–Trinajstić information content (AvgIpc) is 3.37. The normalized spacial score (nSPS) is 22.3. The van der Waals surface area contributed by atoms with Crippen molar-refractivity contribution >= 4 is 11.6 Å². The summed E-state index contributed by atoms with van der Waals surface area (Å²) in [4.78, 5) is 17.5. The maximum absolute atomic E-state index is 13.3. The molecule has 2 aliphatic rings. The molecule has 0 spiro atoms. The summed E-state index contributed by atoms with van der Waals surface area (Å²) < 4.78 is 5.24. The van der Waals surface area contributed by atoms with E-state index in [0.29, 0.717) is 13.1 Å². The van der Waals surface area contributed by atoms with Crippen molar-refractivity contribution < 1.29 is 9.53 Å². The molecule has 2 saturated heterocycles. The first kappa shape index (κ1) is 17.9. The zero-order valence-corrected chi connectivity index (χ0v) is 15.8. The second-order valence-electron chi connectivity index (χ2n) is 7.46. The molecule has 0 saturated carbocycles. The molecule has 0 radical (unpaired) electrons. The van der Waals surface area contributed by atoms with Crippen LogP contribution in [0.15, 0.2) is 48.5 Å². The molecule has 2 aromatic rings. The summed E-state index contributed by atoms with van der Waals surface area (Å²) in [5.41, 5.74) is 9.42. The molecule has 27 heavy (non-hydrogen) atoms. The fraction of sp³-hybridized carbons (Fsp3) is 0.409. The molecule has 5 nitrogen and oxygen atoms in total. The minimum absolute atomic E-state index is 0.0544. The fourth-order valence-electron chi connectivity index (χ4n) is 4.26. The molecule has 2 N–H and O–H groups in total. The van der Waals surface area contributed by atoms with E-state index in [1.807, 2.05) is 35.2 Å². The van der Waals surface area contributed by atoms with E-state index >= 15 is 0 Å². The first-order valence-corrected chi connectivity index (χ1v) is 9.70. The van der Waals surface area contributed by atoms with Gasteiger partial charge in [0.15, 0.2) is 0 Å². The Morgan fingerprint density at radius 2 is 1.74 bits per heavy atom. The van der Waals surface area contributed by atoms with Crippen LogP contribution in [0.3, 0.4) is 0 Å². The van der Waals surface area contributed by atoms with Gasteiger partial charge in [-0.2, -0.15) is 0 Å². The van der Waals surface area contributed by atoms with Gasteiger partial charge < -0.3 is 20.3 Å². The van der Waals surface area contributed by atoms with Gasteiger partial charge in [-0.1, -0.05) is 24.3 Å². The van der Waals surface area contributed by atoms with E-state index in [0.717, 1.165) is 35.7 Å². The largest absolute Gasteiger partial charge is 0.497 e. The number of carbonyl (C=O) groups is 1. The van der Waals surface area contributed by atoms with E-state index < -0.39 is 0 Å². The average molecular weight is 365 g/mol. The van der Waals surface area contributed by atoms with E-state index in [9.17, 15) is 4.79 Å². The highest BCUT2D eigenvalue weighted by atomic mass is 16.5. The van der Waals surface area contributed by atoms with Gasteiger partial charge in [-0.25, -0.2) is 0 Å². The molecular formula is C22H27N3O2. The van der Waals surface area contributed by atoms with Crippen LogP contribution in [0, 0.1) is 0 Å². The number of likely N-dealkylation sites (tertiary alicyclic amines) is 1. The lowest BCUT2D eigenvalue weighted by molar-refractivity contribution is 0.0789. The number of hydrogen-bond acceptors (Lipinski definition) is 4. The van der Waals surface area contributed by atoms with E-state index in [1.54, 1.807) is 7.11 Å². The minimum atomic E-state index is -0.0544. The van der Waals surface area contributed by atoms with Gasteiger partial charge >= 0.3 is 0 Å². The predicted molar refractivity (Wildman–Crippen MR) is 108 cm³/mol. The number of amides is 1. The smallest absolute Gasteiger partial charge is 0.256 e. The van der Waals surface area contributed by atoms with Crippen LogP contribution in [0.1, 0.15) is 34.7 Å². The van der Waals surface area contributed by atoms with Gasteiger partial charge in [0.2, 0.25) is 0 Å². The molecule has 2 aliphatic heterocycles. The number of carbonyl (C=O) groups excluding carboxylic acids is 1. The molecule has 4 rings (SSSR count). The highest BCUT2D eigenvalue weighted by molar-refractivity contribution is 6.00. The highest BCUT2D eigenvalue weighted by Gasteiger charge is 2.35. The second-order valence-corrected chi connectivity index (χ2v) is 7.46. The molecule has 142 valence electrons. The van der Waals surface area contributed by atoms with E-state index in [4.69, 9.17) is 10.5 Å². The Labute approximate surface area is 160 Å². The Bertz CT molecular complexity index is 799. The third kappa shape index (κ3) is 3.52. The number of nitrogens with two attached hydrogens (primary N) is 1. The Morgan fingerprint density at radius 3 is 2.44 bits per heavy atom. The van der Waals surface area contributed by atoms with Crippen molar-refractivity contribution in [2.24, 2.45) is 5.73 Å². The van der Waals surface area contributed by atoms with Crippen LogP contribution in [0.5, 0.6) is 5.75 Å². The van der Waals surface area contributed by atoms with Gasteiger partial charge in [-0.3, -0.25) is 4.79 Å². The van der Waals surface area contributed by atoms with Crippen molar-refractivity contribution in [1.29, 1.82) is 0 Å². The van der Waals surface area contributed by atoms with Crippen molar-refractivity contribution in [3.8, 4) is 5.75 Å². The van der Waals surface area contributed by atoms with Gasteiger partial charge in [0.05, 0.1) is 12.7 Å². The summed E-state index contributed by atoms with van der Waals surface area (Å²) in [5.74, 6) is 1.07. The van der Waals surface area contributed by atoms with Crippen LogP contribution in [-0.4, -0.2) is 50.1 Å². The van der Waals surface area contributed by atoms with Gasteiger partial charge in [0.25, 0.3) is 5.91 Å². The monoisotopic (exact) mass is 365 g/mol. The number of benzene rings is 2. The summed E-state index contributed by atoms with van der Waals surface area (Å²) in [7, 11) is 1.66. The molecule has 0 aromatic heterocycles. The second kappa shape index (κ2) is 7.61. The van der Waals surface area contributed by atoms with Crippen LogP contribution < -0.4 is 15.4 Å². The first-order chi connectivity index (χ1) is 13.2. The summed E-state index contributed by atoms with van der Waals surface area (Å²) in [6.45, 7) is 3.29. The van der Waals surface area contributed by atoms with Crippen LogP contribution >= 0.6 is 0 Å². The third-order valence-corrected chi connectivity index (χ3v) is 5.78. The van der Waals surface area contributed by atoms with Gasteiger partial charge in [0, 0.05) is 43.8 Å². The Kier molecular flexibility index (Phi) is 5.03. The Balaban J connectivity index is 1.53. The number of methoxy groups -OCH3 is 1. The molecule has 0 bridgehead atoms. The molecule has 5 heteroatoms. The summed E-state index contributed by atoms with van der Waals surface area (Å²) >= 11 is 0. The van der Waals surface area contributed by atoms with Gasteiger partial charge in [-0.15, -0.1) is 0 Å². The maximum Gasteiger partial charge on any atom is 0.256 e. The van der Waals surface area contributed by atoms with Gasteiger partial charge in [-0.05, 0) is 42.7 Å². The maximum atomic E-state index is 13.3. The first-order valence-electron chi connectivity index (χ1n) is 9.70. The number of para-hydroxylation sites is 1. The topological polar surface area (TPSA) is 58.8 Å². The van der Waals surface area contributed by atoms with Crippen LogP contribution in [0.25, 0.3) is 0 Å². The Hall–Kier alpha value is -2.53. The Morgan fingerprint density at radius 1 is 1.04 bits per heavy atom. The van der Waals surface area contributed by atoms with Crippen molar-refractivity contribution in [2.75, 3.05) is 38.2 Å². The number of ether oxygens (including phenoxy) is 1. The number of anilines is 1. The zero-order chi connectivity index (χ0) is 18.8. The van der Waals surface area contributed by atoms with E-state index in [1.165, 1.54) is 12.8 Å². The molecule has 2 fully saturated rings. The molecule has 2 unspecified atom stereocenters. The van der Waals surface area contributed by atoms with Crippen LogP contribution in [-0.2, 0) is 0 Å². The summed E-state index contributed by atoms with van der Waals surface area (Å²) in [6.07, 6.45) is 2.38. The molecule has 2 heterocycles. The van der Waals surface area contributed by atoms with Crippen molar-refractivity contribution in [3.63, 3.8) is 0 Å². The predicted octanol–water partition coefficient (Wildman–Crippen LogP) is 2.86. The standard InChI is InChI=1S/C22H27N3O2/c1-27-17-10-8-16(9-11-17)19-14-25(15-20(19)23)22(26)18-6-2-3-7-21(18)24-12-4-5-13-24/h2-3,6-11,19-20H,4-5,12-15,23H2,1H3. The fourth-order valence-corrected chi connectivity index (χ4v) is 4.26. The summed E-state index contributed by atoms with van der Waals surface area (Å²) in [6, 6.07) is 15.9. The molecule has 0 aliphatic carbocycles. The number of nitrogens with zero attached hydrogens (tertiary/aromatic N) is 2. The highest BCUT2D eigenvalue weighted by Crippen LogP contribution is 2.31. The SMILES string of the molecule is COc1ccc(C2CN(C(=O)c3ccccc3N3CCCC3)CC2N)cc1. The third-order valence-electron chi connectivity index (χ3n) is 5.78. The lowest BCUT2D eigenvalue weighted by Gasteiger charge is -2.24. The summed E-state index contributed by atoms with van der Waals surface area (Å²) in [5, 5.41) is 0. The van der Waals surface area contributed by atoms with Crippen molar-refractivity contribution in [2.45, 2.75) is 24.8 Å².